The first-order valence-corrected chi connectivity index (χ1v) is 7.71. The van der Waals surface area contributed by atoms with E-state index in [2.05, 4.69) is 32.6 Å². The highest BCUT2D eigenvalue weighted by Crippen LogP contribution is 2.18. The van der Waals surface area contributed by atoms with Gasteiger partial charge in [-0.2, -0.15) is 0 Å². The Hall–Kier alpha value is -1.00. The Balaban J connectivity index is 2.61. The van der Waals surface area contributed by atoms with Gasteiger partial charge in [-0.25, -0.2) is 8.78 Å². The molecule has 0 saturated carbocycles. The number of nitrogens with two attached hydrogens (primary N) is 1. The molecule has 1 aromatic rings. The average molecular weight is 298 g/mol. The first kappa shape index (κ1) is 18.1. The Morgan fingerprint density at radius 1 is 0.952 bits per heavy atom. The highest BCUT2D eigenvalue weighted by molar-refractivity contribution is 5.21. The van der Waals surface area contributed by atoms with Gasteiger partial charge in [0.15, 0.2) is 0 Å². The van der Waals surface area contributed by atoms with Gasteiger partial charge in [-0.3, -0.25) is 0 Å². The highest BCUT2D eigenvalue weighted by Gasteiger charge is 2.14. The lowest BCUT2D eigenvalue weighted by Gasteiger charge is -2.27. The molecule has 0 aromatic heterocycles. The van der Waals surface area contributed by atoms with E-state index in [1.165, 1.54) is 12.1 Å². The van der Waals surface area contributed by atoms with Gasteiger partial charge >= 0.3 is 0 Å². The number of benzene rings is 1. The van der Waals surface area contributed by atoms with E-state index in [4.69, 9.17) is 5.73 Å². The first-order chi connectivity index (χ1) is 9.77. The van der Waals surface area contributed by atoms with Crippen LogP contribution in [0.3, 0.4) is 0 Å². The van der Waals surface area contributed by atoms with E-state index in [0.717, 1.165) is 25.7 Å². The molecule has 0 spiro atoms. The Bertz CT molecular complexity index is 403. The average Bonchev–Trinajstić information content (AvgIpc) is 2.32. The zero-order chi connectivity index (χ0) is 16.0. The maximum absolute atomic E-state index is 13.2. The second-order valence-corrected chi connectivity index (χ2v) is 6.65. The van der Waals surface area contributed by atoms with Crippen LogP contribution in [-0.4, -0.2) is 24.5 Å². The van der Waals surface area contributed by atoms with Crippen LogP contribution in [0.5, 0.6) is 0 Å². The van der Waals surface area contributed by atoms with E-state index in [0.29, 0.717) is 23.8 Å². The van der Waals surface area contributed by atoms with Crippen molar-refractivity contribution in [2.45, 2.75) is 40.2 Å². The fourth-order valence-electron chi connectivity index (χ4n) is 2.57. The third-order valence-electron chi connectivity index (χ3n) is 3.32. The van der Waals surface area contributed by atoms with Crippen molar-refractivity contribution in [2.24, 2.45) is 17.6 Å². The fraction of sp³-hybridized carbons (Fsp3) is 0.647. The number of hydrogen-bond acceptors (Lipinski definition) is 2. The number of hydrogen-bond donors (Lipinski definition) is 1. The molecule has 1 atom stereocenters. The third-order valence-corrected chi connectivity index (χ3v) is 3.32. The molecular formula is C17H28F2N2. The molecule has 21 heavy (non-hydrogen) atoms. The summed E-state index contributed by atoms with van der Waals surface area (Å²) in [5, 5.41) is 0. The number of halogens is 2. The molecule has 0 saturated heterocycles. The minimum atomic E-state index is -0.568. The highest BCUT2D eigenvalue weighted by atomic mass is 19.1. The largest absolute Gasteiger partial charge is 0.324 e. The zero-order valence-corrected chi connectivity index (χ0v) is 13.6. The molecule has 0 aliphatic heterocycles. The maximum atomic E-state index is 13.2. The number of nitrogens with zero attached hydrogens (tertiary/aromatic N) is 1. The summed E-state index contributed by atoms with van der Waals surface area (Å²) in [4.78, 5) is 2.38. The van der Waals surface area contributed by atoms with Gasteiger partial charge in [-0.1, -0.05) is 27.7 Å². The Kier molecular flexibility index (Phi) is 7.26. The lowest BCUT2D eigenvalue weighted by molar-refractivity contribution is 0.212. The van der Waals surface area contributed by atoms with Gasteiger partial charge in [-0.15, -0.1) is 0 Å². The molecule has 120 valence electrons. The van der Waals surface area contributed by atoms with E-state index >= 15 is 0 Å². The van der Waals surface area contributed by atoms with Crippen LogP contribution in [0, 0.1) is 23.5 Å². The maximum Gasteiger partial charge on any atom is 0.126 e. The van der Waals surface area contributed by atoms with Crippen LogP contribution in [0.25, 0.3) is 0 Å². The zero-order valence-electron chi connectivity index (χ0n) is 13.6. The minimum absolute atomic E-state index is 0.336. The second-order valence-electron chi connectivity index (χ2n) is 6.65. The summed E-state index contributed by atoms with van der Waals surface area (Å²) in [6, 6.07) is 3.18. The molecular weight excluding hydrogens is 270 g/mol. The molecule has 0 heterocycles. The van der Waals surface area contributed by atoms with Gasteiger partial charge < -0.3 is 10.6 Å². The van der Waals surface area contributed by atoms with Crippen LogP contribution in [0.1, 0.15) is 45.7 Å². The molecule has 4 heteroatoms. The van der Waals surface area contributed by atoms with Crippen LogP contribution in [-0.2, 0) is 0 Å². The van der Waals surface area contributed by atoms with Gasteiger partial charge in [-0.05, 0) is 42.5 Å². The summed E-state index contributed by atoms with van der Waals surface area (Å²) in [7, 11) is 0. The van der Waals surface area contributed by atoms with Gasteiger partial charge in [0.1, 0.15) is 11.6 Å². The molecule has 2 N–H and O–H groups in total. The van der Waals surface area contributed by atoms with Gasteiger partial charge in [0.05, 0.1) is 0 Å². The fourth-order valence-corrected chi connectivity index (χ4v) is 2.57. The minimum Gasteiger partial charge on any atom is -0.324 e. The van der Waals surface area contributed by atoms with Crippen molar-refractivity contribution < 1.29 is 8.78 Å². The van der Waals surface area contributed by atoms with Crippen LogP contribution in [0.4, 0.5) is 8.78 Å². The topological polar surface area (TPSA) is 29.3 Å². The summed E-state index contributed by atoms with van der Waals surface area (Å²) >= 11 is 0. The Morgan fingerprint density at radius 2 is 1.43 bits per heavy atom. The van der Waals surface area contributed by atoms with E-state index in [1.807, 2.05) is 0 Å². The summed E-state index contributed by atoms with van der Waals surface area (Å²) in [6.07, 6.45) is 0.697. The van der Waals surface area contributed by atoms with Gasteiger partial charge in [0.25, 0.3) is 0 Å². The molecule has 1 unspecified atom stereocenters. The normalized spacial score (nSPS) is 13.4. The first-order valence-electron chi connectivity index (χ1n) is 7.71. The van der Waals surface area contributed by atoms with E-state index in [1.54, 1.807) is 0 Å². The van der Waals surface area contributed by atoms with Crippen molar-refractivity contribution in [3.05, 3.63) is 35.4 Å². The van der Waals surface area contributed by atoms with Crippen molar-refractivity contribution >= 4 is 0 Å². The van der Waals surface area contributed by atoms with Crippen molar-refractivity contribution in [3.8, 4) is 0 Å². The van der Waals surface area contributed by atoms with Crippen LogP contribution in [0.15, 0.2) is 18.2 Å². The number of rotatable bonds is 8. The Labute approximate surface area is 127 Å². The second kappa shape index (κ2) is 8.44. The summed E-state index contributed by atoms with van der Waals surface area (Å²) in [6.45, 7) is 11.6. The SMILES string of the molecule is CC(C)CN(CCC(N)c1cc(F)cc(F)c1)CC(C)C. The smallest absolute Gasteiger partial charge is 0.126 e. The van der Waals surface area contributed by atoms with Crippen molar-refractivity contribution in [2.75, 3.05) is 19.6 Å². The standard InChI is InChI=1S/C17H28F2N2/c1-12(2)10-21(11-13(3)4)6-5-17(20)14-7-15(18)9-16(19)8-14/h7-9,12-13,17H,5-6,10-11,20H2,1-4H3. The van der Waals surface area contributed by atoms with Crippen molar-refractivity contribution in [1.82, 2.24) is 4.90 Å². The molecule has 0 radical (unpaired) electrons. The molecule has 0 fully saturated rings. The molecule has 0 aliphatic rings. The molecule has 1 rings (SSSR count). The molecule has 0 amide bonds. The van der Waals surface area contributed by atoms with Crippen LogP contribution < -0.4 is 5.73 Å². The predicted molar refractivity (Wildman–Crippen MR) is 84.0 cm³/mol. The lowest BCUT2D eigenvalue weighted by Crippen LogP contribution is -2.33. The van der Waals surface area contributed by atoms with Gasteiger partial charge in [0.2, 0.25) is 0 Å². The summed E-state index contributed by atoms with van der Waals surface area (Å²) in [5.41, 5.74) is 6.61. The van der Waals surface area contributed by atoms with Gasteiger partial charge in [0, 0.05) is 25.2 Å². The Morgan fingerprint density at radius 3 is 1.86 bits per heavy atom. The quantitative estimate of drug-likeness (QED) is 0.787. The predicted octanol–water partition coefficient (Wildman–Crippen LogP) is 3.97. The van der Waals surface area contributed by atoms with E-state index in [-0.39, 0.29) is 6.04 Å². The van der Waals surface area contributed by atoms with Crippen molar-refractivity contribution in [1.29, 1.82) is 0 Å². The summed E-state index contributed by atoms with van der Waals surface area (Å²) < 4.78 is 26.5. The van der Waals surface area contributed by atoms with Crippen molar-refractivity contribution in [3.63, 3.8) is 0 Å². The van der Waals surface area contributed by atoms with Crippen LogP contribution in [0.2, 0.25) is 0 Å². The molecule has 1 aromatic carbocycles. The lowest BCUT2D eigenvalue weighted by atomic mass is 10.0. The monoisotopic (exact) mass is 298 g/mol. The third kappa shape index (κ3) is 7.00. The van der Waals surface area contributed by atoms with E-state index in [9.17, 15) is 8.78 Å². The molecule has 0 bridgehead atoms. The van der Waals surface area contributed by atoms with Crippen LogP contribution >= 0.6 is 0 Å². The summed E-state index contributed by atoms with van der Waals surface area (Å²) in [5.74, 6) is 0.0431. The van der Waals surface area contributed by atoms with E-state index < -0.39 is 11.6 Å². The molecule has 2 nitrogen and oxygen atoms in total. The molecule has 0 aliphatic carbocycles.